The van der Waals surface area contributed by atoms with Gasteiger partial charge in [0.15, 0.2) is 22.8 Å². The maximum absolute atomic E-state index is 13.3. The Morgan fingerprint density at radius 1 is 0.524 bits per heavy atom. The number of nitrogens with one attached hydrogen (secondary N) is 2. The second-order valence-electron chi connectivity index (χ2n) is 9.76. The molecule has 0 fully saturated rings. The van der Waals surface area contributed by atoms with Crippen molar-refractivity contribution >= 4 is 57.2 Å². The first-order valence-corrected chi connectivity index (χ1v) is 12.7. The van der Waals surface area contributed by atoms with Gasteiger partial charge >= 0.3 is 11.9 Å². The summed E-state index contributed by atoms with van der Waals surface area (Å²) < 4.78 is 0. The Bertz CT molecular complexity index is 1850. The van der Waals surface area contributed by atoms with Crippen molar-refractivity contribution in [2.75, 3.05) is 10.6 Å². The molecule has 0 saturated carbocycles. The van der Waals surface area contributed by atoms with Crippen molar-refractivity contribution in [2.24, 2.45) is 0 Å². The number of para-hydroxylation sites is 2. The summed E-state index contributed by atoms with van der Waals surface area (Å²) in [6.07, 6.45) is 0. The zero-order valence-corrected chi connectivity index (χ0v) is 22.9. The van der Waals surface area contributed by atoms with E-state index in [1.165, 1.54) is 12.1 Å². The Morgan fingerprint density at radius 2 is 0.810 bits per heavy atom. The van der Waals surface area contributed by atoms with Crippen LogP contribution in [-0.4, -0.2) is 53.9 Å². The first-order chi connectivity index (χ1) is 19.9. The second-order valence-corrected chi connectivity index (χ2v) is 9.76. The lowest BCUT2D eigenvalue weighted by Gasteiger charge is -2.14. The molecule has 0 spiro atoms. The number of carbonyl (C=O) groups is 4. The molecule has 5 aromatic rings. The van der Waals surface area contributed by atoms with Gasteiger partial charge in [-0.3, -0.25) is 9.59 Å². The first-order valence-electron chi connectivity index (χ1n) is 12.7. The van der Waals surface area contributed by atoms with Crippen LogP contribution in [0.3, 0.4) is 0 Å². The number of aryl methyl sites for hydroxylation is 4. The third kappa shape index (κ3) is 5.20. The van der Waals surface area contributed by atoms with Crippen LogP contribution in [0.4, 0.5) is 11.4 Å². The summed E-state index contributed by atoms with van der Waals surface area (Å²) in [5, 5.41) is 24.6. The predicted octanol–water partition coefficient (Wildman–Crippen LogP) is 4.71. The van der Waals surface area contributed by atoms with Gasteiger partial charge in [0.1, 0.15) is 0 Å². The number of fused-ring (bicyclic) bond motifs is 2. The summed E-state index contributed by atoms with van der Waals surface area (Å²) in [7, 11) is 0. The van der Waals surface area contributed by atoms with E-state index in [4.69, 9.17) is 0 Å². The molecule has 4 N–H and O–H groups in total. The van der Waals surface area contributed by atoms with E-state index in [9.17, 15) is 29.4 Å². The van der Waals surface area contributed by atoms with Gasteiger partial charge in [-0.05, 0) is 86.3 Å². The largest absolute Gasteiger partial charge is 0.476 e. The van der Waals surface area contributed by atoms with Gasteiger partial charge in [-0.25, -0.2) is 29.5 Å². The maximum Gasteiger partial charge on any atom is 0.357 e. The quantitative estimate of drug-likeness (QED) is 0.225. The normalized spacial score (nSPS) is 11.0. The van der Waals surface area contributed by atoms with Crippen molar-refractivity contribution in [3.8, 4) is 0 Å². The number of benzene rings is 3. The molecule has 12 heteroatoms. The zero-order chi connectivity index (χ0) is 30.3. The zero-order valence-electron chi connectivity index (χ0n) is 22.9. The lowest BCUT2D eigenvalue weighted by atomic mass is 10.1. The second kappa shape index (κ2) is 10.7. The molecule has 42 heavy (non-hydrogen) atoms. The van der Waals surface area contributed by atoms with Crippen LogP contribution in [0.25, 0.3) is 22.1 Å². The van der Waals surface area contributed by atoms with Crippen LogP contribution in [0.5, 0.6) is 0 Å². The highest BCUT2D eigenvalue weighted by Gasteiger charge is 2.25. The van der Waals surface area contributed by atoms with Gasteiger partial charge in [-0.1, -0.05) is 12.1 Å². The molecular formula is C30H24N6O6. The van der Waals surface area contributed by atoms with Crippen molar-refractivity contribution in [2.45, 2.75) is 27.7 Å². The number of hydrogen-bond donors (Lipinski definition) is 4. The Morgan fingerprint density at radius 3 is 1.10 bits per heavy atom. The van der Waals surface area contributed by atoms with E-state index < -0.39 is 46.5 Å². The van der Waals surface area contributed by atoms with Crippen molar-refractivity contribution in [3.05, 3.63) is 93.6 Å². The lowest BCUT2D eigenvalue weighted by molar-refractivity contribution is 0.0676. The highest BCUT2D eigenvalue weighted by molar-refractivity contribution is 6.14. The summed E-state index contributed by atoms with van der Waals surface area (Å²) in [5.74, 6) is -4.61. The molecule has 210 valence electrons. The maximum atomic E-state index is 13.3. The standard InChI is InChI=1S/C30H24N6O6/c1-13-9-19-21(11-15(13)3)33-25(29(39)40)23(31-19)27(37)35-17-7-5-6-8-18(17)36-28(38)24-26(30(41)42)34-22-12-16(4)14(2)10-20(22)32-24/h5-12H,1-4H3,(H,35,37)(H,36,38)(H,39,40)(H,41,42). The van der Waals surface area contributed by atoms with Crippen LogP contribution in [0, 0.1) is 27.7 Å². The first kappa shape index (κ1) is 27.8. The van der Waals surface area contributed by atoms with Crippen molar-refractivity contribution in [3.63, 3.8) is 0 Å². The number of aromatic carboxylic acids is 2. The molecule has 0 saturated heterocycles. The minimum absolute atomic E-state index is 0.103. The number of carboxylic acid groups (broad SMARTS) is 2. The monoisotopic (exact) mass is 564 g/mol. The highest BCUT2D eigenvalue weighted by atomic mass is 16.4. The molecule has 0 radical (unpaired) electrons. The van der Waals surface area contributed by atoms with E-state index in [0.29, 0.717) is 22.1 Å². The molecular weight excluding hydrogens is 540 g/mol. The molecule has 0 aliphatic carbocycles. The van der Waals surface area contributed by atoms with Crippen molar-refractivity contribution < 1.29 is 29.4 Å². The summed E-state index contributed by atoms with van der Waals surface area (Å²) in [6, 6.07) is 12.9. The van der Waals surface area contributed by atoms with Crippen LogP contribution in [0.2, 0.25) is 0 Å². The molecule has 2 amide bonds. The number of anilines is 2. The average Bonchev–Trinajstić information content (AvgIpc) is 2.94. The lowest BCUT2D eigenvalue weighted by Crippen LogP contribution is -2.23. The summed E-state index contributed by atoms with van der Waals surface area (Å²) in [6.45, 7) is 7.43. The minimum atomic E-state index is -1.43. The summed E-state index contributed by atoms with van der Waals surface area (Å²) >= 11 is 0. The van der Waals surface area contributed by atoms with Gasteiger partial charge in [0, 0.05) is 0 Å². The van der Waals surface area contributed by atoms with E-state index in [1.54, 1.807) is 36.4 Å². The number of nitrogens with zero attached hydrogens (tertiary/aromatic N) is 4. The van der Waals surface area contributed by atoms with Gasteiger partial charge in [-0.15, -0.1) is 0 Å². The SMILES string of the molecule is Cc1cc2nc(C(=O)O)c(C(=O)Nc3ccccc3NC(=O)c3nc4cc(C)c(C)cc4nc3C(=O)O)nc2cc1C. The molecule has 0 unspecified atom stereocenters. The van der Waals surface area contributed by atoms with Crippen molar-refractivity contribution in [1.29, 1.82) is 0 Å². The van der Waals surface area contributed by atoms with Gasteiger partial charge < -0.3 is 20.8 Å². The third-order valence-electron chi connectivity index (χ3n) is 6.82. The molecule has 5 rings (SSSR count). The van der Waals surface area contributed by atoms with Crippen LogP contribution in [0.15, 0.2) is 48.5 Å². The van der Waals surface area contributed by atoms with E-state index in [1.807, 2.05) is 27.7 Å². The van der Waals surface area contributed by atoms with Gasteiger partial charge in [0.05, 0.1) is 33.4 Å². The molecule has 0 aliphatic rings. The summed E-state index contributed by atoms with van der Waals surface area (Å²) in [5.41, 5.74) is 3.21. The Labute approximate surface area is 238 Å². The van der Waals surface area contributed by atoms with Gasteiger partial charge in [0.2, 0.25) is 0 Å². The molecule has 2 heterocycles. The Balaban J connectivity index is 1.50. The molecule has 12 nitrogen and oxygen atoms in total. The number of rotatable bonds is 6. The highest BCUT2D eigenvalue weighted by Crippen LogP contribution is 2.25. The molecule has 0 aliphatic heterocycles. The van der Waals surface area contributed by atoms with Crippen LogP contribution in [0.1, 0.15) is 64.2 Å². The fourth-order valence-electron chi connectivity index (χ4n) is 4.30. The number of carboxylic acids is 2. The number of amides is 2. The predicted molar refractivity (Wildman–Crippen MR) is 154 cm³/mol. The van der Waals surface area contributed by atoms with Crippen LogP contribution in [-0.2, 0) is 0 Å². The fourth-order valence-corrected chi connectivity index (χ4v) is 4.30. The Hall–Kier alpha value is -5.78. The molecule has 2 aromatic heterocycles. The van der Waals surface area contributed by atoms with Crippen molar-refractivity contribution in [1.82, 2.24) is 19.9 Å². The van der Waals surface area contributed by atoms with E-state index >= 15 is 0 Å². The van der Waals surface area contributed by atoms with Crippen LogP contribution < -0.4 is 10.6 Å². The Kier molecular flexibility index (Phi) is 7.05. The molecule has 3 aromatic carbocycles. The summed E-state index contributed by atoms with van der Waals surface area (Å²) in [4.78, 5) is 67.4. The third-order valence-corrected chi connectivity index (χ3v) is 6.82. The van der Waals surface area contributed by atoms with E-state index in [-0.39, 0.29) is 11.4 Å². The number of carbonyl (C=O) groups excluding carboxylic acids is 2. The number of hydrogen-bond acceptors (Lipinski definition) is 8. The topological polar surface area (TPSA) is 184 Å². The molecule has 0 atom stereocenters. The fraction of sp³-hybridized carbons (Fsp3) is 0.133. The van der Waals surface area contributed by atoms with Crippen LogP contribution >= 0.6 is 0 Å². The minimum Gasteiger partial charge on any atom is -0.476 e. The smallest absolute Gasteiger partial charge is 0.357 e. The van der Waals surface area contributed by atoms with E-state index in [2.05, 4.69) is 30.6 Å². The van der Waals surface area contributed by atoms with E-state index in [0.717, 1.165) is 22.3 Å². The average molecular weight is 565 g/mol. The number of aromatic nitrogens is 4. The van der Waals surface area contributed by atoms with Gasteiger partial charge in [-0.2, -0.15) is 0 Å². The molecule has 0 bridgehead atoms. The van der Waals surface area contributed by atoms with Gasteiger partial charge in [0.25, 0.3) is 11.8 Å².